The molecule has 0 saturated carbocycles. The maximum absolute atomic E-state index is 11.1. The van der Waals surface area contributed by atoms with E-state index in [0.717, 1.165) is 15.8 Å². The molecule has 0 aliphatic heterocycles. The fraction of sp³-hybridized carbons (Fsp3) is 0.308. The van der Waals surface area contributed by atoms with Gasteiger partial charge in [0, 0.05) is 0 Å². The second-order valence-electron chi connectivity index (χ2n) is 3.31. The van der Waals surface area contributed by atoms with Crippen molar-refractivity contribution < 1.29 is 14.3 Å². The fourth-order valence-electron chi connectivity index (χ4n) is 1.29. The summed E-state index contributed by atoms with van der Waals surface area (Å²) in [5, 5.41) is 0. The molecular weight excluding hydrogens is 284 g/mol. The Bertz CT molecular complexity index is 413. The zero-order valence-corrected chi connectivity index (χ0v) is 11.5. The van der Waals surface area contributed by atoms with Crippen molar-refractivity contribution in [1.82, 2.24) is 0 Å². The van der Waals surface area contributed by atoms with E-state index in [9.17, 15) is 4.79 Å². The molecule has 0 atom stereocenters. The third kappa shape index (κ3) is 4.61. The zero-order valence-electron chi connectivity index (χ0n) is 9.90. The molecule has 17 heavy (non-hydrogen) atoms. The fourth-order valence-corrected chi connectivity index (χ4v) is 1.70. The van der Waals surface area contributed by atoms with Crippen LogP contribution in [0.2, 0.25) is 0 Å². The monoisotopic (exact) mass is 298 g/mol. The molecule has 0 saturated heterocycles. The van der Waals surface area contributed by atoms with Gasteiger partial charge in [-0.3, -0.25) is 4.79 Å². The molecule has 0 radical (unpaired) electrons. The van der Waals surface area contributed by atoms with Crippen molar-refractivity contribution in [2.75, 3.05) is 13.7 Å². The largest absolute Gasteiger partial charge is 0.496 e. The van der Waals surface area contributed by atoms with Crippen LogP contribution in [0.25, 0.3) is 6.08 Å². The zero-order chi connectivity index (χ0) is 12.7. The quantitative estimate of drug-likeness (QED) is 0.781. The van der Waals surface area contributed by atoms with Crippen LogP contribution < -0.4 is 4.74 Å². The number of esters is 1. The van der Waals surface area contributed by atoms with Crippen LogP contribution in [-0.4, -0.2) is 19.7 Å². The number of ether oxygens (including phenoxy) is 2. The van der Waals surface area contributed by atoms with Crippen molar-refractivity contribution in [3.8, 4) is 5.75 Å². The Hall–Kier alpha value is -1.29. The van der Waals surface area contributed by atoms with E-state index in [2.05, 4.69) is 15.9 Å². The standard InChI is InChI=1S/C13H15BrO3/c1-3-17-13(15)6-4-5-10-7-8-11(14)12(9-10)16-2/h4-5,7-9H,3,6H2,1-2H3. The first-order chi connectivity index (χ1) is 8.17. The van der Waals surface area contributed by atoms with Gasteiger partial charge < -0.3 is 9.47 Å². The van der Waals surface area contributed by atoms with Crippen LogP contribution in [0.1, 0.15) is 18.9 Å². The SMILES string of the molecule is CCOC(=O)CC=Cc1ccc(Br)c(OC)c1. The molecule has 0 aromatic heterocycles. The Kier molecular flexibility index (Phi) is 5.77. The molecule has 1 aromatic carbocycles. The van der Waals surface area contributed by atoms with E-state index in [0.29, 0.717) is 6.61 Å². The van der Waals surface area contributed by atoms with Gasteiger partial charge in [-0.15, -0.1) is 0 Å². The van der Waals surface area contributed by atoms with Gasteiger partial charge in [-0.1, -0.05) is 18.2 Å². The summed E-state index contributed by atoms with van der Waals surface area (Å²) in [6.07, 6.45) is 3.93. The molecule has 0 bridgehead atoms. The first kappa shape index (κ1) is 13.8. The van der Waals surface area contributed by atoms with Crippen molar-refractivity contribution in [3.63, 3.8) is 0 Å². The van der Waals surface area contributed by atoms with Gasteiger partial charge in [0.2, 0.25) is 0 Å². The van der Waals surface area contributed by atoms with E-state index in [4.69, 9.17) is 9.47 Å². The van der Waals surface area contributed by atoms with Crippen LogP contribution in [0.5, 0.6) is 5.75 Å². The average Bonchev–Trinajstić information content (AvgIpc) is 2.31. The van der Waals surface area contributed by atoms with Gasteiger partial charge in [-0.2, -0.15) is 0 Å². The number of halogens is 1. The van der Waals surface area contributed by atoms with Crippen LogP contribution >= 0.6 is 15.9 Å². The maximum Gasteiger partial charge on any atom is 0.309 e. The molecule has 0 fully saturated rings. The highest BCUT2D eigenvalue weighted by Crippen LogP contribution is 2.26. The number of benzene rings is 1. The van der Waals surface area contributed by atoms with E-state index in [1.54, 1.807) is 20.1 Å². The van der Waals surface area contributed by atoms with E-state index in [-0.39, 0.29) is 12.4 Å². The summed E-state index contributed by atoms with van der Waals surface area (Å²) < 4.78 is 10.9. The van der Waals surface area contributed by atoms with Crippen LogP contribution in [-0.2, 0) is 9.53 Å². The molecule has 0 N–H and O–H groups in total. The molecule has 0 aliphatic rings. The number of carbonyl (C=O) groups is 1. The van der Waals surface area contributed by atoms with Crippen LogP contribution in [0.15, 0.2) is 28.7 Å². The normalized spacial score (nSPS) is 10.5. The second kappa shape index (κ2) is 7.12. The van der Waals surface area contributed by atoms with Crippen molar-refractivity contribution >= 4 is 28.0 Å². The Morgan fingerprint density at radius 1 is 1.47 bits per heavy atom. The Balaban J connectivity index is 2.62. The lowest BCUT2D eigenvalue weighted by Gasteiger charge is -2.03. The van der Waals surface area contributed by atoms with Gasteiger partial charge in [0.1, 0.15) is 5.75 Å². The topological polar surface area (TPSA) is 35.5 Å². The highest BCUT2D eigenvalue weighted by atomic mass is 79.9. The second-order valence-corrected chi connectivity index (χ2v) is 4.16. The maximum atomic E-state index is 11.1. The summed E-state index contributed by atoms with van der Waals surface area (Å²) >= 11 is 3.38. The summed E-state index contributed by atoms with van der Waals surface area (Å²) in [6, 6.07) is 5.74. The Morgan fingerprint density at radius 2 is 2.24 bits per heavy atom. The molecule has 0 heterocycles. The number of hydrogen-bond acceptors (Lipinski definition) is 3. The minimum absolute atomic E-state index is 0.215. The van der Waals surface area contributed by atoms with Gasteiger partial charge in [0.15, 0.2) is 0 Å². The van der Waals surface area contributed by atoms with Crippen molar-refractivity contribution in [2.24, 2.45) is 0 Å². The lowest BCUT2D eigenvalue weighted by Crippen LogP contribution is -2.01. The van der Waals surface area contributed by atoms with Crippen LogP contribution in [0.4, 0.5) is 0 Å². The van der Waals surface area contributed by atoms with E-state index in [1.165, 1.54) is 0 Å². The third-order valence-corrected chi connectivity index (χ3v) is 2.73. The first-order valence-electron chi connectivity index (χ1n) is 5.33. The van der Waals surface area contributed by atoms with Gasteiger partial charge >= 0.3 is 5.97 Å². The number of carbonyl (C=O) groups excluding carboxylic acids is 1. The molecule has 3 nitrogen and oxygen atoms in total. The summed E-state index contributed by atoms with van der Waals surface area (Å²) in [6.45, 7) is 2.21. The number of hydrogen-bond donors (Lipinski definition) is 0. The van der Waals surface area contributed by atoms with E-state index in [1.807, 2.05) is 24.3 Å². The molecule has 0 aliphatic carbocycles. The van der Waals surface area contributed by atoms with E-state index < -0.39 is 0 Å². The highest BCUT2D eigenvalue weighted by molar-refractivity contribution is 9.10. The average molecular weight is 299 g/mol. The van der Waals surface area contributed by atoms with Gasteiger partial charge in [-0.05, 0) is 40.5 Å². The van der Waals surface area contributed by atoms with Crippen LogP contribution in [0, 0.1) is 0 Å². The van der Waals surface area contributed by atoms with Gasteiger partial charge in [0.05, 0.1) is 24.6 Å². The van der Waals surface area contributed by atoms with Crippen LogP contribution in [0.3, 0.4) is 0 Å². The molecule has 0 spiro atoms. The van der Waals surface area contributed by atoms with Crippen molar-refractivity contribution in [1.29, 1.82) is 0 Å². The molecular formula is C13H15BrO3. The Labute approximate surface area is 110 Å². The molecule has 1 aromatic rings. The predicted molar refractivity (Wildman–Crippen MR) is 71.0 cm³/mol. The van der Waals surface area contributed by atoms with Gasteiger partial charge in [0.25, 0.3) is 0 Å². The third-order valence-electron chi connectivity index (χ3n) is 2.08. The first-order valence-corrected chi connectivity index (χ1v) is 6.12. The lowest BCUT2D eigenvalue weighted by molar-refractivity contribution is -0.142. The Morgan fingerprint density at radius 3 is 2.88 bits per heavy atom. The molecule has 92 valence electrons. The van der Waals surface area contributed by atoms with E-state index >= 15 is 0 Å². The highest BCUT2D eigenvalue weighted by Gasteiger charge is 2.00. The predicted octanol–water partition coefficient (Wildman–Crippen LogP) is 3.42. The summed E-state index contributed by atoms with van der Waals surface area (Å²) in [4.78, 5) is 11.1. The number of rotatable bonds is 5. The smallest absolute Gasteiger partial charge is 0.309 e. The summed E-state index contributed by atoms with van der Waals surface area (Å²) in [7, 11) is 1.62. The molecule has 4 heteroatoms. The summed E-state index contributed by atoms with van der Waals surface area (Å²) in [5.74, 6) is 0.552. The van der Waals surface area contributed by atoms with Crippen molar-refractivity contribution in [2.45, 2.75) is 13.3 Å². The molecule has 1 rings (SSSR count). The minimum Gasteiger partial charge on any atom is -0.496 e. The lowest BCUT2D eigenvalue weighted by atomic mass is 10.2. The van der Waals surface area contributed by atoms with Gasteiger partial charge in [-0.25, -0.2) is 0 Å². The minimum atomic E-state index is -0.215. The molecule has 0 amide bonds. The number of methoxy groups -OCH3 is 1. The van der Waals surface area contributed by atoms with Crippen molar-refractivity contribution in [3.05, 3.63) is 34.3 Å². The molecule has 0 unspecified atom stereocenters. The summed E-state index contributed by atoms with van der Waals surface area (Å²) in [5.41, 5.74) is 0.981.